The molecule has 0 saturated heterocycles. The highest BCUT2D eigenvalue weighted by atomic mass is 35.5. The number of benzene rings is 1. The number of nitro benzene ring substituents is 1. The molecule has 1 amide bonds. The highest BCUT2D eigenvalue weighted by Gasteiger charge is 2.19. The minimum atomic E-state index is -0.558. The van der Waals surface area contributed by atoms with Crippen molar-refractivity contribution in [2.45, 2.75) is 19.4 Å². The third kappa shape index (κ3) is 3.56. The first-order valence-electron chi connectivity index (χ1n) is 6.17. The summed E-state index contributed by atoms with van der Waals surface area (Å²) in [6, 6.07) is 3.57. The molecular formula is C13H12ClN3O3S. The van der Waals surface area contributed by atoms with Crippen LogP contribution in [0.3, 0.4) is 0 Å². The lowest BCUT2D eigenvalue weighted by Gasteiger charge is -2.14. The topological polar surface area (TPSA) is 85.1 Å². The van der Waals surface area contributed by atoms with E-state index in [2.05, 4.69) is 10.3 Å². The minimum absolute atomic E-state index is 0.0516. The molecule has 0 fully saturated rings. The van der Waals surface area contributed by atoms with Gasteiger partial charge in [0.05, 0.1) is 21.6 Å². The van der Waals surface area contributed by atoms with Crippen LogP contribution in [0.2, 0.25) is 5.02 Å². The first kappa shape index (κ1) is 15.4. The molecule has 0 spiro atoms. The molecule has 0 aliphatic carbocycles. The number of aromatic nitrogens is 1. The second kappa shape index (κ2) is 6.64. The Labute approximate surface area is 129 Å². The number of nitrogens with zero attached hydrogens (tertiary/aromatic N) is 2. The van der Waals surface area contributed by atoms with Gasteiger partial charge in [-0.15, -0.1) is 11.3 Å². The normalized spacial score (nSPS) is 11.9. The fraction of sp³-hybridized carbons (Fsp3) is 0.231. The van der Waals surface area contributed by atoms with Crippen molar-refractivity contribution < 1.29 is 9.72 Å². The zero-order valence-electron chi connectivity index (χ0n) is 11.1. The summed E-state index contributed by atoms with van der Waals surface area (Å²) in [6.07, 6.45) is 2.36. The number of carbonyl (C=O) groups is 1. The number of amides is 1. The molecule has 1 heterocycles. The number of thiazole rings is 1. The van der Waals surface area contributed by atoms with E-state index in [1.165, 1.54) is 29.5 Å². The van der Waals surface area contributed by atoms with Gasteiger partial charge in [0.1, 0.15) is 5.01 Å². The lowest BCUT2D eigenvalue weighted by atomic mass is 10.1. The first-order chi connectivity index (χ1) is 10.0. The number of rotatable bonds is 5. The predicted molar refractivity (Wildman–Crippen MR) is 80.7 cm³/mol. The van der Waals surface area contributed by atoms with Crippen molar-refractivity contribution in [1.29, 1.82) is 0 Å². The monoisotopic (exact) mass is 325 g/mol. The van der Waals surface area contributed by atoms with Crippen molar-refractivity contribution in [2.24, 2.45) is 0 Å². The molecule has 2 rings (SSSR count). The van der Waals surface area contributed by atoms with Crippen LogP contribution in [0.4, 0.5) is 5.69 Å². The zero-order chi connectivity index (χ0) is 15.4. The third-order valence-electron chi connectivity index (χ3n) is 2.87. The van der Waals surface area contributed by atoms with Gasteiger partial charge in [-0.3, -0.25) is 14.9 Å². The summed E-state index contributed by atoms with van der Waals surface area (Å²) < 4.78 is 0. The maximum absolute atomic E-state index is 12.2. The number of halogens is 1. The van der Waals surface area contributed by atoms with E-state index in [4.69, 9.17) is 11.6 Å². The van der Waals surface area contributed by atoms with Crippen LogP contribution in [0, 0.1) is 10.1 Å². The molecule has 1 N–H and O–H groups in total. The average molecular weight is 326 g/mol. The molecule has 6 nitrogen and oxygen atoms in total. The van der Waals surface area contributed by atoms with E-state index >= 15 is 0 Å². The van der Waals surface area contributed by atoms with E-state index in [-0.39, 0.29) is 28.2 Å². The van der Waals surface area contributed by atoms with Crippen molar-refractivity contribution in [1.82, 2.24) is 10.3 Å². The summed E-state index contributed by atoms with van der Waals surface area (Å²) in [7, 11) is 0. The van der Waals surface area contributed by atoms with Crippen LogP contribution >= 0.6 is 22.9 Å². The summed E-state index contributed by atoms with van der Waals surface area (Å²) in [5.74, 6) is -0.378. The van der Waals surface area contributed by atoms with E-state index in [1.54, 1.807) is 6.20 Å². The maximum Gasteiger partial charge on any atom is 0.270 e. The highest BCUT2D eigenvalue weighted by molar-refractivity contribution is 7.09. The van der Waals surface area contributed by atoms with Crippen LogP contribution < -0.4 is 5.32 Å². The Bertz CT molecular complexity index is 661. The molecule has 1 aromatic heterocycles. The van der Waals surface area contributed by atoms with Crippen molar-refractivity contribution >= 4 is 34.5 Å². The van der Waals surface area contributed by atoms with E-state index in [1.807, 2.05) is 12.3 Å². The Morgan fingerprint density at radius 2 is 2.33 bits per heavy atom. The molecule has 2 aromatic rings. The molecule has 110 valence electrons. The van der Waals surface area contributed by atoms with Crippen LogP contribution in [-0.2, 0) is 0 Å². The van der Waals surface area contributed by atoms with Gasteiger partial charge in [0.15, 0.2) is 0 Å². The van der Waals surface area contributed by atoms with Crippen molar-refractivity contribution in [3.8, 4) is 0 Å². The van der Waals surface area contributed by atoms with Gasteiger partial charge in [-0.1, -0.05) is 18.5 Å². The fourth-order valence-corrected chi connectivity index (χ4v) is 2.82. The Hall–Kier alpha value is -1.99. The number of nitrogens with one attached hydrogen (secondary N) is 1. The van der Waals surface area contributed by atoms with Gasteiger partial charge >= 0.3 is 0 Å². The molecule has 21 heavy (non-hydrogen) atoms. The van der Waals surface area contributed by atoms with Gasteiger partial charge in [0.25, 0.3) is 11.6 Å². The van der Waals surface area contributed by atoms with Crippen LogP contribution in [0.15, 0.2) is 29.8 Å². The summed E-state index contributed by atoms with van der Waals surface area (Å²) >= 11 is 7.40. The average Bonchev–Trinajstić information content (AvgIpc) is 2.98. The summed E-state index contributed by atoms with van der Waals surface area (Å²) in [5.41, 5.74) is 0.0563. The van der Waals surface area contributed by atoms with Gasteiger partial charge in [-0.2, -0.15) is 0 Å². The quantitative estimate of drug-likeness (QED) is 0.672. The number of hydrogen-bond donors (Lipinski definition) is 1. The Balaban J connectivity index is 2.18. The lowest BCUT2D eigenvalue weighted by molar-refractivity contribution is -0.384. The number of hydrogen-bond acceptors (Lipinski definition) is 5. The lowest BCUT2D eigenvalue weighted by Crippen LogP contribution is -2.28. The van der Waals surface area contributed by atoms with Crippen LogP contribution in [-0.4, -0.2) is 15.8 Å². The number of non-ortho nitro benzene ring substituents is 1. The fourth-order valence-electron chi connectivity index (χ4n) is 1.78. The molecule has 1 unspecified atom stereocenters. The maximum atomic E-state index is 12.2. The van der Waals surface area contributed by atoms with E-state index < -0.39 is 4.92 Å². The SMILES string of the molecule is CCC(NC(=O)c1ccc([N+](=O)[O-])cc1Cl)c1nccs1. The zero-order valence-corrected chi connectivity index (χ0v) is 12.6. The Kier molecular flexibility index (Phi) is 4.87. The smallest absolute Gasteiger partial charge is 0.270 e. The largest absolute Gasteiger partial charge is 0.343 e. The molecule has 0 radical (unpaired) electrons. The van der Waals surface area contributed by atoms with E-state index in [0.29, 0.717) is 6.42 Å². The first-order valence-corrected chi connectivity index (χ1v) is 7.43. The van der Waals surface area contributed by atoms with E-state index in [0.717, 1.165) is 5.01 Å². The van der Waals surface area contributed by atoms with Crippen molar-refractivity contribution in [2.75, 3.05) is 0 Å². The molecule has 0 aliphatic heterocycles. The molecular weight excluding hydrogens is 314 g/mol. The van der Waals surface area contributed by atoms with Gasteiger partial charge in [0, 0.05) is 23.7 Å². The third-order valence-corrected chi connectivity index (χ3v) is 4.07. The molecule has 8 heteroatoms. The van der Waals surface area contributed by atoms with Crippen molar-refractivity contribution in [3.63, 3.8) is 0 Å². The van der Waals surface area contributed by atoms with Crippen LogP contribution in [0.5, 0.6) is 0 Å². The summed E-state index contributed by atoms with van der Waals surface area (Å²) in [5, 5.41) is 16.2. The second-order valence-electron chi connectivity index (χ2n) is 4.23. The van der Waals surface area contributed by atoms with Gasteiger partial charge in [-0.05, 0) is 12.5 Å². The Morgan fingerprint density at radius 3 is 2.86 bits per heavy atom. The van der Waals surface area contributed by atoms with Crippen LogP contribution in [0.1, 0.15) is 34.8 Å². The van der Waals surface area contributed by atoms with Gasteiger partial charge in [0.2, 0.25) is 0 Å². The molecule has 1 atom stereocenters. The van der Waals surface area contributed by atoms with E-state index in [9.17, 15) is 14.9 Å². The second-order valence-corrected chi connectivity index (χ2v) is 5.56. The summed E-state index contributed by atoms with van der Waals surface area (Å²) in [6.45, 7) is 1.93. The minimum Gasteiger partial charge on any atom is -0.343 e. The molecule has 0 aliphatic rings. The molecule has 0 bridgehead atoms. The van der Waals surface area contributed by atoms with Gasteiger partial charge < -0.3 is 5.32 Å². The summed E-state index contributed by atoms with van der Waals surface area (Å²) in [4.78, 5) is 26.5. The standard InChI is InChI=1S/C13H12ClN3O3S/c1-2-11(13-15-5-6-21-13)16-12(18)9-4-3-8(17(19)20)7-10(9)14/h3-7,11H,2H2,1H3,(H,16,18). The number of nitro groups is 1. The van der Waals surface area contributed by atoms with Gasteiger partial charge in [-0.25, -0.2) is 4.98 Å². The Morgan fingerprint density at radius 1 is 1.57 bits per heavy atom. The highest BCUT2D eigenvalue weighted by Crippen LogP contribution is 2.24. The van der Waals surface area contributed by atoms with Crippen LogP contribution in [0.25, 0.3) is 0 Å². The predicted octanol–water partition coefficient (Wildman–Crippen LogP) is 3.59. The molecule has 1 aromatic carbocycles. The van der Waals surface area contributed by atoms with Crippen molar-refractivity contribution in [3.05, 3.63) is 55.5 Å². The molecule has 0 saturated carbocycles. The number of carbonyl (C=O) groups excluding carboxylic acids is 1.